The summed E-state index contributed by atoms with van der Waals surface area (Å²) >= 11 is 0. The van der Waals surface area contributed by atoms with Crippen LogP contribution in [0.5, 0.6) is 0 Å². The highest BCUT2D eigenvalue weighted by atomic mass is 19.3. The fourth-order valence-corrected chi connectivity index (χ4v) is 4.18. The van der Waals surface area contributed by atoms with E-state index in [0.717, 1.165) is 27.2 Å². The topological polar surface area (TPSA) is 66.8 Å². The number of likely N-dealkylation sites (tertiary alicyclic amines) is 1. The molecule has 28 heavy (non-hydrogen) atoms. The van der Waals surface area contributed by atoms with Crippen LogP contribution >= 0.6 is 0 Å². The summed E-state index contributed by atoms with van der Waals surface area (Å²) in [4.78, 5) is 24.7. The van der Waals surface area contributed by atoms with Gasteiger partial charge in [-0.05, 0) is 22.3 Å². The molecule has 0 aromatic heterocycles. The molecular formula is C21H19F2NO4. The highest BCUT2D eigenvalue weighted by Gasteiger charge is 2.45. The standard InChI is InChI=1S/C21H19F2NO4/c22-19(23)16-9-24(10-17(16)20(25)26)21(27)28-11-18-14-7-3-1-5-12(14)13-6-2-4-8-15(13)18/h1-8,16-19H,9-11H2,(H,25,26). The number of hydrogen-bond acceptors (Lipinski definition) is 3. The van der Waals surface area contributed by atoms with E-state index in [0.29, 0.717) is 0 Å². The number of nitrogens with zero attached hydrogens (tertiary/aromatic N) is 1. The summed E-state index contributed by atoms with van der Waals surface area (Å²) in [6.45, 7) is -0.507. The van der Waals surface area contributed by atoms with Crippen LogP contribution in [0.3, 0.4) is 0 Å². The zero-order valence-electron chi connectivity index (χ0n) is 14.9. The first kappa shape index (κ1) is 18.4. The molecule has 2 atom stereocenters. The largest absolute Gasteiger partial charge is 0.481 e. The molecule has 4 rings (SSSR count). The first-order chi connectivity index (χ1) is 13.5. The summed E-state index contributed by atoms with van der Waals surface area (Å²) < 4.78 is 31.6. The average Bonchev–Trinajstić information content (AvgIpc) is 3.27. The van der Waals surface area contributed by atoms with Crippen LogP contribution in [0.4, 0.5) is 13.6 Å². The summed E-state index contributed by atoms with van der Waals surface area (Å²) in [5.41, 5.74) is 4.27. The van der Waals surface area contributed by atoms with Crippen molar-refractivity contribution in [3.05, 3.63) is 59.7 Å². The van der Waals surface area contributed by atoms with E-state index < -0.39 is 30.3 Å². The molecule has 1 N–H and O–H groups in total. The third kappa shape index (κ3) is 3.10. The number of ether oxygens (including phenoxy) is 1. The van der Waals surface area contributed by atoms with Gasteiger partial charge in [-0.1, -0.05) is 48.5 Å². The van der Waals surface area contributed by atoms with Crippen molar-refractivity contribution in [1.29, 1.82) is 0 Å². The van der Waals surface area contributed by atoms with Crippen molar-refractivity contribution >= 4 is 12.1 Å². The average molecular weight is 387 g/mol. The third-order valence-electron chi connectivity index (χ3n) is 5.60. The van der Waals surface area contributed by atoms with Crippen molar-refractivity contribution in [1.82, 2.24) is 4.90 Å². The molecule has 2 aromatic carbocycles. The molecule has 1 saturated heterocycles. The molecule has 2 aromatic rings. The van der Waals surface area contributed by atoms with Gasteiger partial charge < -0.3 is 14.7 Å². The number of rotatable bonds is 4. The van der Waals surface area contributed by atoms with Crippen molar-refractivity contribution in [2.45, 2.75) is 12.3 Å². The highest BCUT2D eigenvalue weighted by molar-refractivity contribution is 5.79. The lowest BCUT2D eigenvalue weighted by molar-refractivity contribution is -0.144. The molecule has 0 bridgehead atoms. The van der Waals surface area contributed by atoms with Gasteiger partial charge in [0.25, 0.3) is 0 Å². The van der Waals surface area contributed by atoms with Crippen LogP contribution in [-0.2, 0) is 9.53 Å². The van der Waals surface area contributed by atoms with Gasteiger partial charge in [-0.15, -0.1) is 0 Å². The molecule has 0 spiro atoms. The Morgan fingerprint density at radius 3 is 2.11 bits per heavy atom. The predicted octanol–water partition coefficient (Wildman–Crippen LogP) is 3.83. The summed E-state index contributed by atoms with van der Waals surface area (Å²) in [7, 11) is 0. The summed E-state index contributed by atoms with van der Waals surface area (Å²) in [5, 5.41) is 9.14. The number of alkyl halides is 2. The van der Waals surface area contributed by atoms with Gasteiger partial charge in [-0.3, -0.25) is 4.79 Å². The van der Waals surface area contributed by atoms with Crippen molar-refractivity contribution < 1.29 is 28.2 Å². The number of carbonyl (C=O) groups is 2. The number of benzene rings is 2. The molecule has 146 valence electrons. The smallest absolute Gasteiger partial charge is 0.409 e. The van der Waals surface area contributed by atoms with E-state index in [1.165, 1.54) is 0 Å². The van der Waals surface area contributed by atoms with Crippen molar-refractivity contribution in [3.63, 3.8) is 0 Å². The number of carbonyl (C=O) groups excluding carboxylic acids is 1. The van der Waals surface area contributed by atoms with E-state index in [2.05, 4.69) is 0 Å². The molecule has 1 aliphatic carbocycles. The SMILES string of the molecule is O=C(O)C1CN(C(=O)OCC2c3ccccc3-c3ccccc32)CC1C(F)F. The van der Waals surface area contributed by atoms with Crippen LogP contribution in [0.2, 0.25) is 0 Å². The Morgan fingerprint density at radius 2 is 1.61 bits per heavy atom. The maximum Gasteiger partial charge on any atom is 0.409 e. The Hall–Kier alpha value is -2.96. The Balaban J connectivity index is 1.48. The molecule has 5 nitrogen and oxygen atoms in total. The van der Waals surface area contributed by atoms with E-state index in [-0.39, 0.29) is 25.6 Å². The fourth-order valence-electron chi connectivity index (χ4n) is 4.18. The maximum absolute atomic E-state index is 13.1. The minimum absolute atomic E-state index is 0.0699. The Labute approximate surface area is 160 Å². The number of fused-ring (bicyclic) bond motifs is 3. The van der Waals surface area contributed by atoms with Gasteiger partial charge in [0.15, 0.2) is 0 Å². The van der Waals surface area contributed by atoms with Crippen molar-refractivity contribution in [2.75, 3.05) is 19.7 Å². The molecule has 0 radical (unpaired) electrons. The van der Waals surface area contributed by atoms with Gasteiger partial charge in [-0.25, -0.2) is 13.6 Å². The van der Waals surface area contributed by atoms with E-state index in [9.17, 15) is 18.4 Å². The molecule has 2 unspecified atom stereocenters. The summed E-state index contributed by atoms with van der Waals surface area (Å²) in [6, 6.07) is 15.7. The molecule has 1 fully saturated rings. The molecule has 2 aliphatic rings. The van der Waals surface area contributed by atoms with E-state index in [1.807, 2.05) is 48.5 Å². The van der Waals surface area contributed by atoms with Gasteiger partial charge in [0.05, 0.1) is 11.8 Å². The van der Waals surface area contributed by atoms with E-state index >= 15 is 0 Å². The third-order valence-corrected chi connectivity index (χ3v) is 5.60. The first-order valence-corrected chi connectivity index (χ1v) is 9.08. The predicted molar refractivity (Wildman–Crippen MR) is 97.3 cm³/mol. The monoisotopic (exact) mass is 387 g/mol. The zero-order chi connectivity index (χ0) is 19.8. The Bertz CT molecular complexity index is 871. The number of hydrogen-bond donors (Lipinski definition) is 1. The van der Waals surface area contributed by atoms with Crippen LogP contribution in [0.15, 0.2) is 48.5 Å². The van der Waals surface area contributed by atoms with Gasteiger partial charge in [0, 0.05) is 19.0 Å². The lowest BCUT2D eigenvalue weighted by Crippen LogP contribution is -2.31. The molecule has 1 heterocycles. The Kier molecular flexibility index (Phi) is 4.75. The van der Waals surface area contributed by atoms with Crippen LogP contribution < -0.4 is 0 Å². The quantitative estimate of drug-likeness (QED) is 0.866. The van der Waals surface area contributed by atoms with Gasteiger partial charge in [0.1, 0.15) is 6.61 Å². The number of carboxylic acid groups (broad SMARTS) is 1. The van der Waals surface area contributed by atoms with Crippen LogP contribution in [0.1, 0.15) is 17.0 Å². The van der Waals surface area contributed by atoms with Crippen molar-refractivity contribution in [2.24, 2.45) is 11.8 Å². The normalized spacial score (nSPS) is 20.9. The van der Waals surface area contributed by atoms with Crippen LogP contribution in [0.25, 0.3) is 11.1 Å². The minimum atomic E-state index is -2.80. The summed E-state index contributed by atoms with van der Waals surface area (Å²) in [6.07, 6.45) is -3.55. The second-order valence-electron chi connectivity index (χ2n) is 7.15. The Morgan fingerprint density at radius 1 is 1.04 bits per heavy atom. The first-order valence-electron chi connectivity index (χ1n) is 9.08. The number of aliphatic carboxylic acids is 1. The molecule has 1 aliphatic heterocycles. The highest BCUT2D eigenvalue weighted by Crippen LogP contribution is 2.44. The van der Waals surface area contributed by atoms with Crippen molar-refractivity contribution in [3.8, 4) is 11.1 Å². The number of carboxylic acids is 1. The number of halogens is 2. The van der Waals surface area contributed by atoms with Gasteiger partial charge in [-0.2, -0.15) is 0 Å². The fraction of sp³-hybridized carbons (Fsp3) is 0.333. The molecular weight excluding hydrogens is 368 g/mol. The lowest BCUT2D eigenvalue weighted by atomic mass is 9.97. The van der Waals surface area contributed by atoms with Crippen LogP contribution in [-0.4, -0.2) is 48.2 Å². The zero-order valence-corrected chi connectivity index (χ0v) is 14.9. The van der Waals surface area contributed by atoms with E-state index in [4.69, 9.17) is 9.84 Å². The van der Waals surface area contributed by atoms with Crippen LogP contribution in [0, 0.1) is 11.8 Å². The second-order valence-corrected chi connectivity index (χ2v) is 7.15. The number of amides is 1. The van der Waals surface area contributed by atoms with Gasteiger partial charge in [0.2, 0.25) is 6.43 Å². The molecule has 7 heteroatoms. The maximum atomic E-state index is 13.1. The van der Waals surface area contributed by atoms with Gasteiger partial charge >= 0.3 is 12.1 Å². The van der Waals surface area contributed by atoms with E-state index in [1.54, 1.807) is 0 Å². The molecule has 1 amide bonds. The second kappa shape index (κ2) is 7.22. The minimum Gasteiger partial charge on any atom is -0.481 e. The molecule has 0 saturated carbocycles. The summed E-state index contributed by atoms with van der Waals surface area (Å²) in [5.74, 6) is -4.11. The lowest BCUT2D eigenvalue weighted by Gasteiger charge is -2.19.